The van der Waals surface area contributed by atoms with Crippen LogP contribution in [0.1, 0.15) is 13.3 Å². The molecule has 0 heterocycles. The number of rotatable bonds is 4. The van der Waals surface area contributed by atoms with E-state index in [0.29, 0.717) is 12.1 Å². The summed E-state index contributed by atoms with van der Waals surface area (Å²) in [6.07, 6.45) is 0.180. The minimum atomic E-state index is -0.309. The molecule has 5 heteroatoms. The average molecular weight is 193 g/mol. The van der Waals surface area contributed by atoms with Crippen molar-refractivity contribution in [2.24, 2.45) is 5.16 Å². The molecule has 74 valence electrons. The fourth-order valence-electron chi connectivity index (χ4n) is 0.545. The Morgan fingerprint density at radius 1 is 1.42 bits per heavy atom. The zero-order chi connectivity index (χ0) is 9.98. The molecular weight excluding hydrogens is 174 g/mol. The summed E-state index contributed by atoms with van der Waals surface area (Å²) in [6.45, 7) is 3.84. The second-order valence-electron chi connectivity index (χ2n) is 1.94. The first-order chi connectivity index (χ1) is 5.74. The third kappa shape index (κ3) is 7.71. The van der Waals surface area contributed by atoms with Crippen LogP contribution in [0.2, 0.25) is 6.55 Å². The predicted octanol–water partition coefficient (Wildman–Crippen LogP) is 0.245. The van der Waals surface area contributed by atoms with Crippen molar-refractivity contribution >= 4 is 16.0 Å². The van der Waals surface area contributed by atoms with E-state index < -0.39 is 0 Å². The molecule has 12 heavy (non-hydrogen) atoms. The smallest absolute Gasteiger partial charge is 0.162 e. The number of nitrogens with zero attached hydrogens (tertiary/aromatic N) is 1. The van der Waals surface area contributed by atoms with E-state index in [4.69, 9.17) is 14.7 Å². The van der Waals surface area contributed by atoms with Crippen LogP contribution in [0.4, 0.5) is 0 Å². The van der Waals surface area contributed by atoms with Gasteiger partial charge in [0.2, 0.25) is 0 Å². The van der Waals surface area contributed by atoms with E-state index in [2.05, 4.69) is 11.7 Å². The standard InChI is InChI=1S/C6H13NO3.CH6Si/c1-5(7-8)4-6(9-2)10-3;1-2/h6,8H,4H2,1-3H3;1-2H3. The largest absolute Gasteiger partial charge is 0.411 e. The number of hydrogen-bond donors (Lipinski definition) is 1. The highest BCUT2D eigenvalue weighted by atomic mass is 28.1. The normalized spacial score (nSPS) is 11.2. The summed E-state index contributed by atoms with van der Waals surface area (Å²) < 4.78 is 9.72. The van der Waals surface area contributed by atoms with Crippen molar-refractivity contribution in [3.05, 3.63) is 0 Å². The van der Waals surface area contributed by atoms with Crippen LogP contribution in [0.15, 0.2) is 5.16 Å². The zero-order valence-corrected chi connectivity index (χ0v) is 10.5. The van der Waals surface area contributed by atoms with Crippen LogP contribution >= 0.6 is 0 Å². The molecule has 0 saturated carbocycles. The Kier molecular flexibility index (Phi) is 12.5. The summed E-state index contributed by atoms with van der Waals surface area (Å²) >= 11 is 0. The van der Waals surface area contributed by atoms with Crippen molar-refractivity contribution in [2.75, 3.05) is 14.2 Å². The van der Waals surface area contributed by atoms with E-state index in [-0.39, 0.29) is 6.29 Å². The molecule has 0 aliphatic rings. The highest BCUT2D eigenvalue weighted by Crippen LogP contribution is 1.98. The maximum atomic E-state index is 8.25. The van der Waals surface area contributed by atoms with Gasteiger partial charge in [-0.3, -0.25) is 0 Å². The highest BCUT2D eigenvalue weighted by Gasteiger charge is 2.05. The molecule has 0 radical (unpaired) electrons. The third-order valence-corrected chi connectivity index (χ3v) is 1.16. The summed E-state index contributed by atoms with van der Waals surface area (Å²) in [7, 11) is 4.39. The topological polar surface area (TPSA) is 51.0 Å². The summed E-state index contributed by atoms with van der Waals surface area (Å²) in [5.41, 5.74) is 0.591. The second kappa shape index (κ2) is 10.6. The van der Waals surface area contributed by atoms with E-state index in [0.717, 1.165) is 0 Å². The van der Waals surface area contributed by atoms with Gasteiger partial charge in [-0.15, -0.1) is 0 Å². The molecule has 0 aromatic rings. The molecule has 0 aliphatic heterocycles. The summed E-state index contributed by atoms with van der Waals surface area (Å²) in [4.78, 5) is 0. The average Bonchev–Trinajstić information content (AvgIpc) is 2.16. The van der Waals surface area contributed by atoms with Crippen molar-refractivity contribution in [2.45, 2.75) is 26.2 Å². The number of oxime groups is 1. The lowest BCUT2D eigenvalue weighted by Gasteiger charge is -2.11. The van der Waals surface area contributed by atoms with E-state index in [1.807, 2.05) is 0 Å². The number of methoxy groups -OCH3 is 2. The van der Waals surface area contributed by atoms with Crippen LogP contribution in [0, 0.1) is 0 Å². The van der Waals surface area contributed by atoms with Crippen molar-refractivity contribution in [3.8, 4) is 0 Å². The first-order valence-electron chi connectivity index (χ1n) is 3.97. The van der Waals surface area contributed by atoms with Crippen LogP contribution in [-0.2, 0) is 9.47 Å². The molecule has 0 atom stereocenters. The van der Waals surface area contributed by atoms with Crippen molar-refractivity contribution in [3.63, 3.8) is 0 Å². The monoisotopic (exact) mass is 193 g/mol. The van der Waals surface area contributed by atoms with Crippen LogP contribution in [0.5, 0.6) is 0 Å². The molecule has 0 spiro atoms. The molecule has 0 unspecified atom stereocenters. The Morgan fingerprint density at radius 2 is 1.83 bits per heavy atom. The van der Waals surface area contributed by atoms with E-state index >= 15 is 0 Å². The third-order valence-electron chi connectivity index (χ3n) is 1.16. The second-order valence-corrected chi connectivity index (χ2v) is 1.94. The van der Waals surface area contributed by atoms with Gasteiger partial charge in [-0.05, 0) is 17.2 Å². The van der Waals surface area contributed by atoms with E-state index in [1.54, 1.807) is 21.1 Å². The van der Waals surface area contributed by atoms with E-state index in [1.165, 1.54) is 10.2 Å². The Hall–Kier alpha value is -0.393. The Morgan fingerprint density at radius 3 is 2.08 bits per heavy atom. The van der Waals surface area contributed by atoms with Crippen LogP contribution < -0.4 is 0 Å². The summed E-state index contributed by atoms with van der Waals surface area (Å²) in [5, 5.41) is 11.2. The molecule has 0 aliphatic carbocycles. The van der Waals surface area contributed by atoms with Gasteiger partial charge < -0.3 is 14.7 Å². The fourth-order valence-corrected chi connectivity index (χ4v) is 0.545. The first kappa shape index (κ1) is 14.1. The minimum absolute atomic E-state index is 0.309. The fraction of sp³-hybridized carbons (Fsp3) is 0.857. The number of ether oxygens (including phenoxy) is 2. The highest BCUT2D eigenvalue weighted by molar-refractivity contribution is 6.05. The molecule has 0 amide bonds. The molecule has 0 bridgehead atoms. The molecule has 1 N–H and O–H groups in total. The van der Waals surface area contributed by atoms with Crippen LogP contribution in [0.3, 0.4) is 0 Å². The molecule has 0 aromatic carbocycles. The maximum Gasteiger partial charge on any atom is 0.162 e. The lowest BCUT2D eigenvalue weighted by atomic mass is 10.3. The van der Waals surface area contributed by atoms with Gasteiger partial charge in [-0.2, -0.15) is 0 Å². The van der Waals surface area contributed by atoms with Crippen LogP contribution in [0.25, 0.3) is 0 Å². The van der Waals surface area contributed by atoms with Gasteiger partial charge in [0.25, 0.3) is 0 Å². The molecular formula is C7H19NO3Si. The van der Waals surface area contributed by atoms with Gasteiger partial charge in [0.15, 0.2) is 6.29 Å². The minimum Gasteiger partial charge on any atom is -0.411 e. The van der Waals surface area contributed by atoms with Gasteiger partial charge in [0.05, 0.1) is 5.71 Å². The Bertz CT molecular complexity index is 115. The lowest BCUT2D eigenvalue weighted by molar-refractivity contribution is -0.0961. The SMILES string of the molecule is COC(CC(C)=NO)OC.C[SiH3]. The Labute approximate surface area is 77.0 Å². The molecule has 0 aromatic heterocycles. The van der Waals surface area contributed by atoms with Gasteiger partial charge in [0.1, 0.15) is 0 Å². The van der Waals surface area contributed by atoms with Gasteiger partial charge >= 0.3 is 0 Å². The van der Waals surface area contributed by atoms with Gasteiger partial charge in [-0.25, -0.2) is 0 Å². The molecule has 0 fully saturated rings. The summed E-state index contributed by atoms with van der Waals surface area (Å²) in [5.74, 6) is 0. The van der Waals surface area contributed by atoms with E-state index in [9.17, 15) is 0 Å². The van der Waals surface area contributed by atoms with Crippen LogP contribution in [-0.4, -0.2) is 41.7 Å². The van der Waals surface area contributed by atoms with Crippen molar-refractivity contribution < 1.29 is 14.7 Å². The lowest BCUT2D eigenvalue weighted by Crippen LogP contribution is -2.16. The van der Waals surface area contributed by atoms with Gasteiger partial charge in [0, 0.05) is 20.6 Å². The summed E-state index contributed by atoms with van der Waals surface area (Å²) in [6, 6.07) is 0. The first-order valence-corrected chi connectivity index (χ1v) is 5.97. The number of hydrogen-bond acceptors (Lipinski definition) is 4. The maximum absolute atomic E-state index is 8.25. The van der Waals surface area contributed by atoms with Gasteiger partial charge in [-0.1, -0.05) is 11.7 Å². The van der Waals surface area contributed by atoms with Crippen molar-refractivity contribution in [1.82, 2.24) is 0 Å². The predicted molar refractivity (Wildman–Crippen MR) is 53.1 cm³/mol. The molecule has 4 nitrogen and oxygen atoms in total. The quantitative estimate of drug-likeness (QED) is 0.229. The zero-order valence-electron chi connectivity index (χ0n) is 8.50. The Balaban J connectivity index is 0. The molecule has 0 rings (SSSR count). The van der Waals surface area contributed by atoms with Crippen molar-refractivity contribution in [1.29, 1.82) is 0 Å². The molecule has 0 saturated heterocycles.